The van der Waals surface area contributed by atoms with E-state index in [4.69, 9.17) is 53.1 Å². The van der Waals surface area contributed by atoms with Crippen LogP contribution in [0, 0.1) is 24.7 Å². The van der Waals surface area contributed by atoms with Gasteiger partial charge in [-0.1, -0.05) is 0 Å². The number of hydrogen-bond acceptors (Lipinski definition) is 13. The molecule has 0 aromatic carbocycles. The zero-order valence-electron chi connectivity index (χ0n) is 33.2. The summed E-state index contributed by atoms with van der Waals surface area (Å²) < 4.78 is 68.5. The SMILES string of the molecule is [CH2-]CN(C(=O)C(CCC[Si](OC)(OC)OC)CCC[Si](OC)(OC)OC)C1CC(CC[Si](OC)(OC)OC)CC1CC[Si](OC)(OC)OC.[Rf]. The molecule has 0 bridgehead atoms. The van der Waals surface area contributed by atoms with Crippen molar-refractivity contribution in [1.82, 2.24) is 4.90 Å². The van der Waals surface area contributed by atoms with Crippen molar-refractivity contribution in [3.05, 3.63) is 6.92 Å². The molecule has 50 heavy (non-hydrogen) atoms. The number of nitrogens with zero attached hydrogens (tertiary/aromatic N) is 1. The van der Waals surface area contributed by atoms with E-state index in [1.165, 1.54) is 0 Å². The van der Waals surface area contributed by atoms with Gasteiger partial charge in [0, 0.05) is 121 Å². The zero-order chi connectivity index (χ0) is 37.1. The van der Waals surface area contributed by atoms with Crippen molar-refractivity contribution < 1.29 is 57.9 Å². The third-order valence-electron chi connectivity index (χ3n) is 10.5. The molecule has 0 radical (unpaired) electrons. The molecule has 294 valence electrons. The summed E-state index contributed by atoms with van der Waals surface area (Å²) >= 11 is 0. The van der Waals surface area contributed by atoms with Gasteiger partial charge in [-0.15, -0.1) is 6.54 Å². The molecule has 1 aliphatic carbocycles. The normalized spacial score (nSPS) is 18.9. The van der Waals surface area contributed by atoms with E-state index in [0.29, 0.717) is 62.3 Å². The summed E-state index contributed by atoms with van der Waals surface area (Å²) in [7, 11) is 8.32. The molecule has 0 spiro atoms. The summed E-state index contributed by atoms with van der Waals surface area (Å²) in [6.07, 6.45) is 6.18. The average Bonchev–Trinajstić information content (AvgIpc) is 3.55. The van der Waals surface area contributed by atoms with Crippen LogP contribution < -0.4 is 0 Å². The maximum absolute atomic E-state index is 14.7. The fourth-order valence-corrected chi connectivity index (χ4v) is 14.5. The second-order valence-corrected chi connectivity index (χ2v) is 24.8. The van der Waals surface area contributed by atoms with Gasteiger partial charge in [0.15, 0.2) is 0 Å². The first-order valence-corrected chi connectivity index (χ1v) is 24.9. The molecule has 0 heterocycles. The predicted octanol–water partition coefficient (Wildman–Crippen LogP) is 4.51. The van der Waals surface area contributed by atoms with Gasteiger partial charge < -0.3 is 64.9 Å². The Bertz CT molecular complexity index is 844. The fourth-order valence-electron chi connectivity index (χ4n) is 7.31. The minimum Gasteiger partial charge on any atom is -0.377 e. The van der Waals surface area contributed by atoms with E-state index in [9.17, 15) is 4.79 Å². The summed E-state index contributed by atoms with van der Waals surface area (Å²) in [5.41, 5.74) is 0. The molecule has 1 saturated carbocycles. The first-order chi connectivity index (χ1) is 23.4. The molecule has 1 fully saturated rings. The molecular formula is C31H68NO13RfSi4-. The molecule has 1 amide bonds. The van der Waals surface area contributed by atoms with Gasteiger partial charge in [0.2, 0.25) is 5.91 Å². The summed E-state index contributed by atoms with van der Waals surface area (Å²) in [6.45, 7) is 4.63. The Morgan fingerprint density at radius 2 is 0.920 bits per heavy atom. The van der Waals surface area contributed by atoms with Crippen LogP contribution in [-0.4, -0.2) is 144 Å². The molecule has 1 rings (SSSR count). The van der Waals surface area contributed by atoms with E-state index in [1.54, 1.807) is 85.3 Å². The van der Waals surface area contributed by atoms with E-state index in [2.05, 4.69) is 6.92 Å². The van der Waals surface area contributed by atoms with Gasteiger partial charge in [0.1, 0.15) is 0 Å². The van der Waals surface area contributed by atoms with Crippen LogP contribution in [0.2, 0.25) is 24.2 Å². The van der Waals surface area contributed by atoms with Crippen molar-refractivity contribution in [2.24, 2.45) is 17.8 Å². The number of rotatable bonds is 29. The standard InChI is InChI=1S/C31H68NO13Si4.Rf/c1-14-32(31(33)28(17-15-21-46(34-2,35-3)36-4)18-16-22-47(37-5,38-6)39-7)30-26-27(19-23-48(40-8,41-9)42-10)25-29(30)20-24-49(43-11,44-12)45-13;/h27-30H,1,14-26H2,2-13H3;/q-1;. The first kappa shape index (κ1) is 48.9. The second kappa shape index (κ2) is 24.2. The molecule has 1 aliphatic rings. The van der Waals surface area contributed by atoms with Crippen molar-refractivity contribution in [1.29, 1.82) is 0 Å². The van der Waals surface area contributed by atoms with E-state index >= 15 is 0 Å². The van der Waals surface area contributed by atoms with Gasteiger partial charge in [-0.05, 0) is 63.2 Å². The zero-order valence-corrected chi connectivity index (χ0v) is 43.6. The van der Waals surface area contributed by atoms with Crippen LogP contribution in [0.25, 0.3) is 0 Å². The predicted molar refractivity (Wildman–Crippen MR) is 195 cm³/mol. The van der Waals surface area contributed by atoms with E-state index in [1.807, 2.05) is 4.90 Å². The van der Waals surface area contributed by atoms with Crippen LogP contribution >= 0.6 is 0 Å². The summed E-state index contributed by atoms with van der Waals surface area (Å²) in [6, 6.07) is 2.55. The van der Waals surface area contributed by atoms with E-state index in [-0.39, 0.29) is 23.8 Å². The van der Waals surface area contributed by atoms with Gasteiger partial charge in [0.25, 0.3) is 0 Å². The number of carbonyl (C=O) groups is 1. The van der Waals surface area contributed by atoms with Crippen LogP contribution in [0.1, 0.15) is 51.4 Å². The van der Waals surface area contributed by atoms with Crippen molar-refractivity contribution in [2.75, 3.05) is 91.9 Å². The Morgan fingerprint density at radius 3 is 1.26 bits per heavy atom. The Labute approximate surface area is 301 Å². The van der Waals surface area contributed by atoms with Crippen LogP contribution in [-0.2, 0) is 57.9 Å². The van der Waals surface area contributed by atoms with Crippen LogP contribution in [0.3, 0.4) is 0 Å². The third kappa shape index (κ3) is 13.1. The van der Waals surface area contributed by atoms with Crippen molar-refractivity contribution in [3.63, 3.8) is 0 Å². The molecule has 19 heteroatoms. The first-order valence-electron chi connectivity index (χ1n) is 17.2. The number of hydrogen-bond donors (Lipinski definition) is 0. The quantitative estimate of drug-likeness (QED) is 0.0771. The van der Waals surface area contributed by atoms with Crippen molar-refractivity contribution in [3.8, 4) is 0 Å². The molecule has 3 atom stereocenters. The molecule has 14 nitrogen and oxygen atoms in total. The molecular weight excluding hydrogens is 974 g/mol. The Hall–Kier alpha value is -1.14. The minimum atomic E-state index is -2.83. The largest absolute Gasteiger partial charge is 0.500 e. The van der Waals surface area contributed by atoms with Crippen molar-refractivity contribution >= 4 is 41.1 Å². The molecule has 3 unspecified atom stereocenters. The maximum Gasteiger partial charge on any atom is 0.500 e. The molecule has 0 aromatic rings. The van der Waals surface area contributed by atoms with Crippen LogP contribution in [0.5, 0.6) is 0 Å². The van der Waals surface area contributed by atoms with Gasteiger partial charge in [-0.2, -0.15) is 0 Å². The Kier molecular flexibility index (Phi) is 23.7. The monoisotopic (exact) mass is 1040 g/mol. The van der Waals surface area contributed by atoms with Gasteiger partial charge in [-0.25, -0.2) is 0 Å². The topological polar surface area (TPSA) is 131 Å². The smallest absolute Gasteiger partial charge is 0.377 e. The second-order valence-electron chi connectivity index (χ2n) is 12.4. The van der Waals surface area contributed by atoms with Crippen LogP contribution in [0.4, 0.5) is 0 Å². The fraction of sp³-hybridized carbons (Fsp3) is 0.935. The molecule has 0 aliphatic heterocycles. The summed E-state index contributed by atoms with van der Waals surface area (Å²) in [5, 5.41) is 0. The molecule has 0 aromatic heterocycles. The van der Waals surface area contributed by atoms with Crippen LogP contribution in [0.15, 0.2) is 0 Å². The molecule has 0 saturated heterocycles. The minimum absolute atomic E-state index is 0. The third-order valence-corrected chi connectivity index (χ3v) is 21.7. The Morgan fingerprint density at radius 1 is 0.580 bits per heavy atom. The van der Waals surface area contributed by atoms with Gasteiger partial charge >= 0.3 is 35.2 Å². The summed E-state index contributed by atoms with van der Waals surface area (Å²) in [4.78, 5) is 16.7. The van der Waals surface area contributed by atoms with Gasteiger partial charge in [0.05, 0.1) is 0 Å². The number of amides is 1. The van der Waals surface area contributed by atoms with Gasteiger partial charge in [-0.3, -0.25) is 4.79 Å². The molecule has 0 N–H and O–H groups in total. The van der Waals surface area contributed by atoms with E-state index < -0.39 is 35.2 Å². The van der Waals surface area contributed by atoms with E-state index in [0.717, 1.165) is 25.7 Å². The number of carbonyl (C=O) groups excluding carboxylic acids is 1. The maximum atomic E-state index is 14.7. The summed E-state index contributed by atoms with van der Waals surface area (Å²) in [5.74, 6) is 0.405. The Balaban J connectivity index is 0.0000240. The van der Waals surface area contributed by atoms with Crippen molar-refractivity contribution in [2.45, 2.75) is 81.6 Å². The average molecular weight is 1040 g/mol.